The van der Waals surface area contributed by atoms with Crippen LogP contribution in [0.15, 0.2) is 48.5 Å². The molecule has 2 aromatic carbocycles. The van der Waals surface area contributed by atoms with Crippen LogP contribution in [0.1, 0.15) is 49.4 Å². The van der Waals surface area contributed by atoms with Crippen LogP contribution in [0.4, 0.5) is 10.1 Å². The molecule has 8 heteroatoms. The van der Waals surface area contributed by atoms with E-state index in [1.54, 1.807) is 36.1 Å². The van der Waals surface area contributed by atoms with E-state index in [9.17, 15) is 18.8 Å². The molecule has 1 saturated heterocycles. The van der Waals surface area contributed by atoms with Crippen LogP contribution in [0.25, 0.3) is 0 Å². The summed E-state index contributed by atoms with van der Waals surface area (Å²) in [6.45, 7) is 1.77. The monoisotopic (exact) mass is 468 g/mol. The van der Waals surface area contributed by atoms with Crippen molar-refractivity contribution in [2.75, 3.05) is 18.5 Å². The van der Waals surface area contributed by atoms with Gasteiger partial charge in [0.05, 0.1) is 6.61 Å². The van der Waals surface area contributed by atoms with Crippen molar-refractivity contribution in [3.8, 4) is 5.75 Å². The quantitative estimate of drug-likeness (QED) is 0.617. The van der Waals surface area contributed by atoms with Gasteiger partial charge in [0.1, 0.15) is 17.6 Å². The van der Waals surface area contributed by atoms with Crippen LogP contribution in [0.3, 0.4) is 0 Å². The third kappa shape index (κ3) is 5.38. The van der Waals surface area contributed by atoms with Crippen LogP contribution in [0.2, 0.25) is 0 Å². The molecule has 0 bridgehead atoms. The summed E-state index contributed by atoms with van der Waals surface area (Å²) in [6.07, 6.45) is 4.55. The molecule has 3 atom stereocenters. The summed E-state index contributed by atoms with van der Waals surface area (Å²) in [5.41, 5.74) is 0.884. The normalized spacial score (nSPS) is 21.5. The summed E-state index contributed by atoms with van der Waals surface area (Å²) in [5, 5.41) is 2.90. The first-order valence-corrected chi connectivity index (χ1v) is 11.7. The predicted octanol–water partition coefficient (Wildman–Crippen LogP) is 4.18. The highest BCUT2D eigenvalue weighted by Gasteiger charge is 2.47. The number of hydrogen-bond donors (Lipinski definition) is 1. The Kier molecular flexibility index (Phi) is 7.45. The van der Waals surface area contributed by atoms with Crippen LogP contribution in [-0.2, 0) is 14.3 Å². The second kappa shape index (κ2) is 10.7. The third-order valence-electron chi connectivity index (χ3n) is 6.48. The third-order valence-corrected chi connectivity index (χ3v) is 6.48. The largest absolute Gasteiger partial charge is 0.482 e. The first-order chi connectivity index (χ1) is 16.5. The Morgan fingerprint density at radius 1 is 1.09 bits per heavy atom. The van der Waals surface area contributed by atoms with Gasteiger partial charge in [-0.25, -0.2) is 9.18 Å². The molecule has 0 spiro atoms. The lowest BCUT2D eigenvalue weighted by Crippen LogP contribution is -2.47. The zero-order valence-electron chi connectivity index (χ0n) is 19.2. The summed E-state index contributed by atoms with van der Waals surface area (Å²) in [6, 6.07) is 11.6. The Morgan fingerprint density at radius 3 is 2.62 bits per heavy atom. The Labute approximate surface area is 198 Å². The minimum Gasteiger partial charge on any atom is -0.482 e. The van der Waals surface area contributed by atoms with E-state index in [1.165, 1.54) is 24.3 Å². The van der Waals surface area contributed by atoms with Gasteiger partial charge in [-0.3, -0.25) is 9.59 Å². The number of nitrogens with one attached hydrogen (secondary N) is 1. The van der Waals surface area contributed by atoms with Crippen LogP contribution in [-0.4, -0.2) is 48.0 Å². The molecule has 1 aliphatic heterocycles. The number of benzene rings is 2. The highest BCUT2D eigenvalue weighted by Crippen LogP contribution is 2.41. The predicted molar refractivity (Wildman–Crippen MR) is 124 cm³/mol. The van der Waals surface area contributed by atoms with E-state index in [4.69, 9.17) is 9.47 Å². The lowest BCUT2D eigenvalue weighted by molar-refractivity contribution is -0.145. The van der Waals surface area contributed by atoms with Crippen LogP contribution in [0, 0.1) is 11.7 Å². The number of halogens is 1. The first kappa shape index (κ1) is 23.7. The number of ether oxygens (including phenoxy) is 2. The fraction of sp³-hybridized carbons (Fsp3) is 0.423. The highest BCUT2D eigenvalue weighted by molar-refractivity contribution is 6.02. The zero-order valence-corrected chi connectivity index (χ0v) is 19.2. The van der Waals surface area contributed by atoms with Crippen LogP contribution in [0.5, 0.6) is 5.75 Å². The molecule has 180 valence electrons. The van der Waals surface area contributed by atoms with Gasteiger partial charge in [-0.15, -0.1) is 0 Å². The number of amides is 2. The SMILES string of the molecule is CCOC(=O)COc1cccc(NC(=O)[C@@H]2C[C@@H]3CCCC[C@H]3N2C(=O)c2ccc(F)cc2)c1. The molecule has 7 nitrogen and oxygen atoms in total. The van der Waals surface area contributed by atoms with Crippen molar-refractivity contribution < 1.29 is 28.2 Å². The molecule has 1 heterocycles. The second-order valence-corrected chi connectivity index (χ2v) is 8.69. The number of anilines is 1. The van der Waals surface area contributed by atoms with E-state index < -0.39 is 17.8 Å². The van der Waals surface area contributed by atoms with E-state index in [2.05, 4.69) is 5.32 Å². The fourth-order valence-corrected chi connectivity index (χ4v) is 4.96. The van der Waals surface area contributed by atoms with Crippen molar-refractivity contribution in [1.29, 1.82) is 0 Å². The minimum atomic E-state index is -0.616. The topological polar surface area (TPSA) is 84.9 Å². The maximum Gasteiger partial charge on any atom is 0.344 e. The molecular formula is C26H29FN2O5. The maximum absolute atomic E-state index is 13.4. The molecule has 2 amide bonds. The molecule has 1 saturated carbocycles. The number of hydrogen-bond acceptors (Lipinski definition) is 5. The van der Waals surface area contributed by atoms with E-state index in [0.717, 1.165) is 25.7 Å². The molecule has 2 aliphatic rings. The van der Waals surface area contributed by atoms with Gasteiger partial charge in [-0.2, -0.15) is 0 Å². The van der Waals surface area contributed by atoms with Gasteiger partial charge >= 0.3 is 5.97 Å². The van der Waals surface area contributed by atoms with Gasteiger partial charge in [-0.05, 0) is 68.5 Å². The molecule has 2 fully saturated rings. The summed E-state index contributed by atoms with van der Waals surface area (Å²) in [7, 11) is 0. The van der Waals surface area contributed by atoms with E-state index in [1.807, 2.05) is 0 Å². The summed E-state index contributed by atoms with van der Waals surface area (Å²) in [4.78, 5) is 40.0. The van der Waals surface area contributed by atoms with E-state index in [0.29, 0.717) is 23.4 Å². The van der Waals surface area contributed by atoms with Gasteiger partial charge in [-0.1, -0.05) is 18.9 Å². The number of fused-ring (bicyclic) bond motifs is 1. The van der Waals surface area contributed by atoms with Crippen molar-refractivity contribution in [3.05, 3.63) is 59.9 Å². The number of likely N-dealkylation sites (tertiary alicyclic amines) is 1. The van der Waals surface area contributed by atoms with Gasteiger partial charge in [0.25, 0.3) is 5.91 Å². The molecule has 0 aromatic heterocycles. The van der Waals surface area contributed by atoms with Crippen molar-refractivity contribution in [2.24, 2.45) is 5.92 Å². The molecular weight excluding hydrogens is 439 g/mol. The van der Waals surface area contributed by atoms with Crippen molar-refractivity contribution >= 4 is 23.5 Å². The molecule has 1 aliphatic carbocycles. The smallest absolute Gasteiger partial charge is 0.344 e. The van der Waals surface area contributed by atoms with Crippen molar-refractivity contribution in [1.82, 2.24) is 4.90 Å². The Hall–Kier alpha value is -3.42. The number of carbonyl (C=O) groups is 3. The average Bonchev–Trinajstić information content (AvgIpc) is 3.23. The molecule has 1 N–H and O–H groups in total. The molecule has 2 aromatic rings. The van der Waals surface area contributed by atoms with Crippen molar-refractivity contribution in [3.63, 3.8) is 0 Å². The second-order valence-electron chi connectivity index (χ2n) is 8.69. The first-order valence-electron chi connectivity index (χ1n) is 11.7. The van der Waals surface area contributed by atoms with Gasteiger partial charge in [0.2, 0.25) is 5.91 Å². The van der Waals surface area contributed by atoms with E-state index >= 15 is 0 Å². The molecule has 0 radical (unpaired) electrons. The lowest BCUT2D eigenvalue weighted by atomic mass is 9.84. The molecule has 0 unspecified atom stereocenters. The maximum atomic E-state index is 13.4. The number of esters is 1. The average molecular weight is 469 g/mol. The van der Waals surface area contributed by atoms with Gasteiger partial charge in [0, 0.05) is 23.4 Å². The fourth-order valence-electron chi connectivity index (χ4n) is 4.96. The van der Waals surface area contributed by atoms with Crippen LogP contribution >= 0.6 is 0 Å². The van der Waals surface area contributed by atoms with E-state index in [-0.39, 0.29) is 37.0 Å². The number of nitrogens with zero attached hydrogens (tertiary/aromatic N) is 1. The lowest BCUT2D eigenvalue weighted by Gasteiger charge is -2.33. The molecule has 4 rings (SSSR count). The summed E-state index contributed by atoms with van der Waals surface area (Å²) < 4.78 is 23.7. The highest BCUT2D eigenvalue weighted by atomic mass is 19.1. The Morgan fingerprint density at radius 2 is 1.85 bits per heavy atom. The van der Waals surface area contributed by atoms with Gasteiger partial charge < -0.3 is 19.7 Å². The molecule has 34 heavy (non-hydrogen) atoms. The number of carbonyl (C=O) groups excluding carboxylic acids is 3. The minimum absolute atomic E-state index is 0.00120. The Bertz CT molecular complexity index is 1040. The van der Waals surface area contributed by atoms with Gasteiger partial charge in [0.15, 0.2) is 6.61 Å². The number of rotatable bonds is 7. The van der Waals surface area contributed by atoms with Crippen molar-refractivity contribution in [2.45, 2.75) is 51.1 Å². The summed E-state index contributed by atoms with van der Waals surface area (Å²) >= 11 is 0. The standard InChI is InChI=1S/C26H29FN2O5/c1-2-33-24(30)16-34-21-8-5-7-20(15-21)28-25(31)23-14-18-6-3-4-9-22(18)29(23)26(32)17-10-12-19(27)13-11-17/h5,7-8,10-13,15,18,22-23H,2-4,6,9,14,16H2,1H3,(H,28,31)/t18-,22+,23-/m0/s1. The zero-order chi connectivity index (χ0) is 24.1. The summed E-state index contributed by atoms with van der Waals surface area (Å²) in [5.74, 6) is -0.708. The van der Waals surface area contributed by atoms with Crippen LogP contribution < -0.4 is 10.1 Å². The Balaban J connectivity index is 1.49.